The molecule has 0 aromatic heterocycles. The van der Waals surface area contributed by atoms with E-state index < -0.39 is 0 Å². The van der Waals surface area contributed by atoms with Crippen molar-refractivity contribution >= 4 is 16.7 Å². The highest BCUT2D eigenvalue weighted by Crippen LogP contribution is 2.22. The van der Waals surface area contributed by atoms with E-state index in [2.05, 4.69) is 67.9 Å². The summed E-state index contributed by atoms with van der Waals surface area (Å²) in [5.41, 5.74) is 1.22. The quantitative estimate of drug-likeness (QED) is 0.512. The van der Waals surface area contributed by atoms with Gasteiger partial charge in [-0.1, -0.05) is 30.3 Å². The molecule has 100 valence electrons. The zero-order valence-corrected chi connectivity index (χ0v) is 13.6. The van der Waals surface area contributed by atoms with Gasteiger partial charge in [0.25, 0.3) is 0 Å². The van der Waals surface area contributed by atoms with Crippen LogP contribution in [0.3, 0.4) is 0 Å². The van der Waals surface area contributed by atoms with Gasteiger partial charge in [0.1, 0.15) is 7.05 Å². The van der Waals surface area contributed by atoms with Crippen molar-refractivity contribution in [3.63, 3.8) is 0 Å². The number of hydrogen-bond acceptors (Lipinski definition) is 1. The average molecular weight is 367 g/mol. The second-order valence-electron chi connectivity index (χ2n) is 5.53. The van der Waals surface area contributed by atoms with E-state index in [1.54, 1.807) is 0 Å². The first-order valence-corrected chi connectivity index (χ1v) is 6.31. The number of ether oxygens (including phenoxy) is 1. The van der Waals surface area contributed by atoms with Crippen LogP contribution in [-0.2, 0) is 4.74 Å². The Bertz CT molecular complexity index is 646. The summed E-state index contributed by atoms with van der Waals surface area (Å²) in [6.45, 7) is 5.13. The molecule has 3 heteroatoms. The van der Waals surface area contributed by atoms with E-state index in [4.69, 9.17) is 4.74 Å². The molecule has 0 N–H and O–H groups in total. The summed E-state index contributed by atoms with van der Waals surface area (Å²) >= 11 is 0. The van der Waals surface area contributed by atoms with E-state index in [0.717, 1.165) is 18.1 Å². The molecule has 0 amide bonds. The molecule has 19 heavy (non-hydrogen) atoms. The molecular weight excluding hydrogens is 349 g/mol. The fourth-order valence-electron chi connectivity index (χ4n) is 2.31. The highest BCUT2D eigenvalue weighted by Gasteiger charge is 2.40. The van der Waals surface area contributed by atoms with Gasteiger partial charge in [-0.15, -0.1) is 0 Å². The molecule has 0 saturated carbocycles. The predicted molar refractivity (Wildman–Crippen MR) is 74.3 cm³/mol. The summed E-state index contributed by atoms with van der Waals surface area (Å²) in [5, 5.41) is 2.52. The first-order valence-electron chi connectivity index (χ1n) is 6.31. The summed E-state index contributed by atoms with van der Waals surface area (Å²) in [5.74, 6) is 0.978. The van der Waals surface area contributed by atoms with Crippen LogP contribution in [0.25, 0.3) is 10.8 Å². The predicted octanol–water partition coefficient (Wildman–Crippen LogP) is 0.0415. The van der Waals surface area contributed by atoms with Crippen molar-refractivity contribution in [2.24, 2.45) is 0 Å². The number of fused-ring (bicyclic) bond motifs is 1. The minimum absolute atomic E-state index is 0. The molecule has 3 rings (SSSR count). The van der Waals surface area contributed by atoms with Crippen molar-refractivity contribution in [3.05, 3.63) is 48.0 Å². The van der Waals surface area contributed by atoms with Crippen LogP contribution in [0, 0.1) is 0 Å². The number of benzene rings is 2. The van der Waals surface area contributed by atoms with Crippen LogP contribution in [-0.4, -0.2) is 29.7 Å². The summed E-state index contributed by atoms with van der Waals surface area (Å²) in [6, 6.07) is 14.9. The van der Waals surface area contributed by atoms with Gasteiger partial charge in [0.05, 0.1) is 5.56 Å². The van der Waals surface area contributed by atoms with Crippen LogP contribution in [0.5, 0.6) is 0 Å². The Hall–Kier alpha value is -1.10. The lowest BCUT2D eigenvalue weighted by Crippen LogP contribution is -3.00. The molecule has 1 aliphatic heterocycles. The third-order valence-corrected chi connectivity index (χ3v) is 3.77. The Labute approximate surface area is 131 Å². The summed E-state index contributed by atoms with van der Waals surface area (Å²) in [4.78, 5) is 0. The molecular formula is C16H18INO. The highest BCUT2D eigenvalue weighted by atomic mass is 127. The maximum absolute atomic E-state index is 5.86. The second kappa shape index (κ2) is 5.12. The van der Waals surface area contributed by atoms with Crippen molar-refractivity contribution in [3.8, 4) is 0 Å². The molecule has 0 spiro atoms. The van der Waals surface area contributed by atoms with Gasteiger partial charge in [0, 0.05) is 13.8 Å². The normalized spacial score (nSPS) is 17.2. The smallest absolute Gasteiger partial charge is 0.370 e. The fourth-order valence-corrected chi connectivity index (χ4v) is 2.31. The molecule has 2 aromatic carbocycles. The van der Waals surface area contributed by atoms with E-state index >= 15 is 0 Å². The van der Waals surface area contributed by atoms with Crippen LogP contribution < -0.4 is 24.0 Å². The largest absolute Gasteiger partial charge is 1.00 e. The van der Waals surface area contributed by atoms with Crippen LogP contribution >= 0.6 is 0 Å². The lowest BCUT2D eigenvalue weighted by Gasteiger charge is -2.09. The molecule has 2 aromatic rings. The number of halogens is 1. The molecule has 1 aliphatic rings. The van der Waals surface area contributed by atoms with Gasteiger partial charge in [-0.25, -0.2) is 0 Å². The van der Waals surface area contributed by atoms with Gasteiger partial charge in [-0.2, -0.15) is 4.58 Å². The SMILES string of the molecule is C[N+]1=C(c2ccc3ccccc3c2)OCC1(C)C.[I-]. The first kappa shape index (κ1) is 14.3. The summed E-state index contributed by atoms with van der Waals surface area (Å²) < 4.78 is 8.08. The van der Waals surface area contributed by atoms with Gasteiger partial charge in [-0.05, 0) is 22.9 Å². The van der Waals surface area contributed by atoms with Crippen molar-refractivity contribution in [2.45, 2.75) is 19.4 Å². The minimum Gasteiger partial charge on any atom is -1.00 e. The van der Waals surface area contributed by atoms with E-state index in [1.807, 2.05) is 0 Å². The summed E-state index contributed by atoms with van der Waals surface area (Å²) in [7, 11) is 2.09. The van der Waals surface area contributed by atoms with Gasteiger partial charge in [0.15, 0.2) is 12.1 Å². The monoisotopic (exact) mass is 367 g/mol. The number of hydrogen-bond donors (Lipinski definition) is 0. The maximum atomic E-state index is 5.86. The van der Waals surface area contributed by atoms with Gasteiger partial charge >= 0.3 is 5.90 Å². The Morgan fingerprint density at radius 1 is 1.05 bits per heavy atom. The highest BCUT2D eigenvalue weighted by molar-refractivity contribution is 5.96. The van der Waals surface area contributed by atoms with E-state index in [0.29, 0.717) is 0 Å². The Balaban J connectivity index is 0.00000133. The van der Waals surface area contributed by atoms with Crippen molar-refractivity contribution in [1.29, 1.82) is 0 Å². The Morgan fingerprint density at radius 3 is 2.37 bits per heavy atom. The fraction of sp³-hybridized carbons (Fsp3) is 0.312. The molecule has 0 saturated heterocycles. The minimum atomic E-state index is 0. The van der Waals surface area contributed by atoms with Crippen molar-refractivity contribution in [2.75, 3.05) is 13.7 Å². The van der Waals surface area contributed by atoms with E-state index in [-0.39, 0.29) is 29.5 Å². The Kier molecular flexibility index (Phi) is 3.85. The lowest BCUT2D eigenvalue weighted by molar-refractivity contribution is -0.562. The average Bonchev–Trinajstić information content (AvgIpc) is 2.64. The lowest BCUT2D eigenvalue weighted by atomic mass is 10.1. The van der Waals surface area contributed by atoms with Crippen LogP contribution in [0.2, 0.25) is 0 Å². The van der Waals surface area contributed by atoms with Crippen LogP contribution in [0.15, 0.2) is 42.5 Å². The second-order valence-corrected chi connectivity index (χ2v) is 5.53. The van der Waals surface area contributed by atoms with Crippen molar-refractivity contribution < 1.29 is 33.3 Å². The molecule has 0 radical (unpaired) electrons. The van der Waals surface area contributed by atoms with Gasteiger partial charge in [-0.3, -0.25) is 0 Å². The van der Waals surface area contributed by atoms with E-state index in [1.165, 1.54) is 10.8 Å². The van der Waals surface area contributed by atoms with Gasteiger partial charge in [0.2, 0.25) is 0 Å². The molecule has 0 unspecified atom stereocenters. The molecule has 0 fully saturated rings. The first-order chi connectivity index (χ1) is 8.58. The topological polar surface area (TPSA) is 12.2 Å². The van der Waals surface area contributed by atoms with E-state index in [9.17, 15) is 0 Å². The Morgan fingerprint density at radius 2 is 1.74 bits per heavy atom. The third-order valence-electron chi connectivity index (χ3n) is 3.77. The molecule has 0 aliphatic carbocycles. The van der Waals surface area contributed by atoms with Crippen molar-refractivity contribution in [1.82, 2.24) is 0 Å². The molecule has 0 atom stereocenters. The van der Waals surface area contributed by atoms with Gasteiger partial charge < -0.3 is 28.7 Å². The van der Waals surface area contributed by atoms with Crippen LogP contribution in [0.4, 0.5) is 0 Å². The number of nitrogens with zero attached hydrogens (tertiary/aromatic N) is 1. The van der Waals surface area contributed by atoms with Crippen LogP contribution in [0.1, 0.15) is 19.4 Å². The summed E-state index contributed by atoms with van der Waals surface area (Å²) in [6.07, 6.45) is 0. The number of rotatable bonds is 1. The maximum Gasteiger partial charge on any atom is 0.370 e. The standard InChI is InChI=1S/C16H18NO.HI/c1-16(2)11-18-15(17(16)3)14-9-8-12-6-4-5-7-13(12)10-14;/h4-10H,11H2,1-3H3;1H/q+1;/p-1. The zero-order chi connectivity index (χ0) is 12.8. The number of likely N-dealkylation sites (N-methyl/N-ethyl adjacent to an activating group) is 1. The zero-order valence-electron chi connectivity index (χ0n) is 11.5. The molecule has 2 nitrogen and oxygen atoms in total. The molecule has 0 bridgehead atoms. The third kappa shape index (κ3) is 2.48. The molecule has 1 heterocycles.